The molecule has 2 saturated heterocycles. The van der Waals surface area contributed by atoms with Crippen LogP contribution in [0.5, 0.6) is 11.5 Å². The quantitative estimate of drug-likeness (QED) is 0.667. The van der Waals surface area contributed by atoms with Crippen LogP contribution in [0.3, 0.4) is 0 Å². The maximum absolute atomic E-state index is 12.7. The minimum absolute atomic E-state index is 0.00581. The number of carbonyl (C=O) groups excluding carboxylic acids is 2. The van der Waals surface area contributed by atoms with Gasteiger partial charge in [-0.2, -0.15) is 0 Å². The van der Waals surface area contributed by atoms with Crippen molar-refractivity contribution in [2.45, 2.75) is 31.8 Å². The van der Waals surface area contributed by atoms with Crippen molar-refractivity contribution in [1.29, 1.82) is 0 Å². The first-order valence-corrected chi connectivity index (χ1v) is 9.35. The van der Waals surface area contributed by atoms with Gasteiger partial charge < -0.3 is 14.8 Å². The standard InChI is InChI=1S/C19H28N4O4/c1-26-16-6-5-13(8-17(16)27-2)10-20-19(25)14-4-3-7-23(12-14)15-9-18(24)22-21-11-15/h5-6,8,14-15,21H,3-4,7,9-12H2,1-2H3,(H,20,25)(H,22,24). The fraction of sp³-hybridized carbons (Fsp3) is 0.579. The summed E-state index contributed by atoms with van der Waals surface area (Å²) in [5, 5.41) is 3.03. The zero-order chi connectivity index (χ0) is 19.2. The predicted molar refractivity (Wildman–Crippen MR) is 100 cm³/mol. The van der Waals surface area contributed by atoms with Crippen LogP contribution in [0, 0.1) is 5.92 Å². The normalized spacial score (nSPS) is 23.4. The number of nitrogens with one attached hydrogen (secondary N) is 3. The number of rotatable bonds is 6. The van der Waals surface area contributed by atoms with Crippen molar-refractivity contribution in [3.63, 3.8) is 0 Å². The second kappa shape index (κ2) is 9.05. The molecule has 2 aliphatic rings. The van der Waals surface area contributed by atoms with Crippen LogP contribution in [0.1, 0.15) is 24.8 Å². The molecule has 8 heteroatoms. The van der Waals surface area contributed by atoms with E-state index in [0.717, 1.165) is 24.9 Å². The number of ether oxygens (including phenoxy) is 2. The van der Waals surface area contributed by atoms with Crippen LogP contribution in [-0.4, -0.2) is 56.6 Å². The number of nitrogens with zero attached hydrogens (tertiary/aromatic N) is 1. The number of likely N-dealkylation sites (tertiary alicyclic amines) is 1. The van der Waals surface area contributed by atoms with Crippen molar-refractivity contribution in [1.82, 2.24) is 21.1 Å². The smallest absolute Gasteiger partial charge is 0.235 e. The van der Waals surface area contributed by atoms with E-state index >= 15 is 0 Å². The zero-order valence-electron chi connectivity index (χ0n) is 15.9. The van der Waals surface area contributed by atoms with E-state index in [1.807, 2.05) is 18.2 Å². The number of hydrazine groups is 1. The Labute approximate surface area is 159 Å². The summed E-state index contributed by atoms with van der Waals surface area (Å²) in [7, 11) is 3.19. The van der Waals surface area contributed by atoms with Crippen LogP contribution in [0.4, 0.5) is 0 Å². The summed E-state index contributed by atoms with van der Waals surface area (Å²) >= 11 is 0. The zero-order valence-corrected chi connectivity index (χ0v) is 15.9. The molecule has 2 unspecified atom stereocenters. The largest absolute Gasteiger partial charge is 0.493 e. The lowest BCUT2D eigenvalue weighted by molar-refractivity contribution is -0.128. The Balaban J connectivity index is 1.54. The average molecular weight is 376 g/mol. The van der Waals surface area contributed by atoms with Crippen LogP contribution in [0.2, 0.25) is 0 Å². The molecule has 0 bridgehead atoms. The maximum atomic E-state index is 12.7. The molecule has 27 heavy (non-hydrogen) atoms. The molecule has 0 saturated carbocycles. The predicted octanol–water partition coefficient (Wildman–Crippen LogP) is 0.425. The van der Waals surface area contributed by atoms with Crippen molar-refractivity contribution < 1.29 is 19.1 Å². The van der Waals surface area contributed by atoms with Crippen LogP contribution >= 0.6 is 0 Å². The summed E-state index contributed by atoms with van der Waals surface area (Å²) in [6, 6.07) is 5.78. The molecule has 1 aromatic rings. The molecule has 0 radical (unpaired) electrons. The Hall–Kier alpha value is -2.32. The number of carbonyl (C=O) groups is 2. The van der Waals surface area contributed by atoms with Gasteiger partial charge in [-0.25, -0.2) is 5.43 Å². The van der Waals surface area contributed by atoms with Gasteiger partial charge in [0.25, 0.3) is 0 Å². The van der Waals surface area contributed by atoms with E-state index in [1.165, 1.54) is 0 Å². The van der Waals surface area contributed by atoms with E-state index < -0.39 is 0 Å². The summed E-state index contributed by atoms with van der Waals surface area (Å²) in [5.41, 5.74) is 6.52. The van der Waals surface area contributed by atoms with Gasteiger partial charge in [0.05, 0.1) is 20.1 Å². The summed E-state index contributed by atoms with van der Waals surface area (Å²) in [6.07, 6.45) is 2.32. The third-order valence-corrected chi connectivity index (χ3v) is 5.24. The minimum Gasteiger partial charge on any atom is -0.493 e. The van der Waals surface area contributed by atoms with Gasteiger partial charge in [-0.05, 0) is 37.1 Å². The van der Waals surface area contributed by atoms with E-state index in [9.17, 15) is 9.59 Å². The molecular weight excluding hydrogens is 348 g/mol. The van der Waals surface area contributed by atoms with E-state index in [2.05, 4.69) is 21.1 Å². The Kier molecular flexibility index (Phi) is 6.52. The van der Waals surface area contributed by atoms with E-state index in [4.69, 9.17) is 9.47 Å². The molecule has 148 valence electrons. The second-order valence-electron chi connectivity index (χ2n) is 7.03. The number of hydrogen-bond acceptors (Lipinski definition) is 6. The Morgan fingerprint density at radius 1 is 1.30 bits per heavy atom. The number of hydrogen-bond donors (Lipinski definition) is 3. The lowest BCUT2D eigenvalue weighted by atomic mass is 9.94. The minimum atomic E-state index is -0.0520. The molecule has 2 aliphatic heterocycles. The molecule has 0 aromatic heterocycles. The van der Waals surface area contributed by atoms with Crippen LogP contribution < -0.4 is 25.6 Å². The van der Waals surface area contributed by atoms with Gasteiger partial charge in [0.2, 0.25) is 11.8 Å². The first-order valence-electron chi connectivity index (χ1n) is 9.35. The highest BCUT2D eigenvalue weighted by Crippen LogP contribution is 2.27. The molecule has 1 aromatic carbocycles. The molecule has 0 aliphatic carbocycles. The van der Waals surface area contributed by atoms with Gasteiger partial charge >= 0.3 is 0 Å². The number of benzene rings is 1. The number of piperidine rings is 1. The molecule has 2 amide bonds. The van der Waals surface area contributed by atoms with Crippen LogP contribution in [-0.2, 0) is 16.1 Å². The highest BCUT2D eigenvalue weighted by Gasteiger charge is 2.32. The Morgan fingerprint density at radius 3 is 2.85 bits per heavy atom. The number of methoxy groups -OCH3 is 2. The number of amides is 2. The first kappa shape index (κ1) is 19.4. The van der Waals surface area contributed by atoms with Gasteiger partial charge in [0.1, 0.15) is 0 Å². The monoisotopic (exact) mass is 376 g/mol. The molecule has 2 fully saturated rings. The molecule has 0 spiro atoms. The third-order valence-electron chi connectivity index (χ3n) is 5.24. The van der Waals surface area contributed by atoms with Crippen LogP contribution in [0.25, 0.3) is 0 Å². The van der Waals surface area contributed by atoms with Crippen molar-refractivity contribution in [2.24, 2.45) is 5.92 Å². The summed E-state index contributed by atoms with van der Waals surface area (Å²) in [5.74, 6) is 1.33. The summed E-state index contributed by atoms with van der Waals surface area (Å²) in [6.45, 7) is 2.78. The lowest BCUT2D eigenvalue weighted by Crippen LogP contribution is -2.57. The van der Waals surface area contributed by atoms with Gasteiger partial charge in [0.15, 0.2) is 11.5 Å². The fourth-order valence-electron chi connectivity index (χ4n) is 3.74. The topological polar surface area (TPSA) is 91.9 Å². The average Bonchev–Trinajstić information content (AvgIpc) is 2.71. The molecule has 2 atom stereocenters. The first-order chi connectivity index (χ1) is 13.1. The molecule has 3 N–H and O–H groups in total. The van der Waals surface area contributed by atoms with Crippen molar-refractivity contribution in [3.05, 3.63) is 23.8 Å². The Bertz CT molecular complexity index is 682. The molecule has 3 rings (SSSR count). The molecule has 2 heterocycles. The van der Waals surface area contributed by atoms with Gasteiger partial charge in [-0.3, -0.25) is 19.9 Å². The SMILES string of the molecule is COc1ccc(CNC(=O)C2CCCN(C3CNNC(=O)C3)C2)cc1OC. The molecule has 8 nitrogen and oxygen atoms in total. The highest BCUT2D eigenvalue weighted by molar-refractivity contribution is 5.79. The van der Waals surface area contributed by atoms with Crippen LogP contribution in [0.15, 0.2) is 18.2 Å². The fourth-order valence-corrected chi connectivity index (χ4v) is 3.74. The Morgan fingerprint density at radius 2 is 2.11 bits per heavy atom. The van der Waals surface area contributed by atoms with Crippen molar-refractivity contribution in [2.75, 3.05) is 33.9 Å². The van der Waals surface area contributed by atoms with E-state index in [-0.39, 0.29) is 23.8 Å². The molecular formula is C19H28N4O4. The summed E-state index contributed by atoms with van der Waals surface area (Å²) < 4.78 is 10.5. The van der Waals surface area contributed by atoms with Gasteiger partial charge in [0, 0.05) is 32.1 Å². The maximum Gasteiger partial charge on any atom is 0.235 e. The van der Waals surface area contributed by atoms with E-state index in [1.54, 1.807) is 14.2 Å². The van der Waals surface area contributed by atoms with Crippen molar-refractivity contribution in [3.8, 4) is 11.5 Å². The van der Waals surface area contributed by atoms with Gasteiger partial charge in [-0.1, -0.05) is 6.07 Å². The van der Waals surface area contributed by atoms with Crippen molar-refractivity contribution >= 4 is 11.8 Å². The second-order valence-corrected chi connectivity index (χ2v) is 7.03. The highest BCUT2D eigenvalue weighted by atomic mass is 16.5. The van der Waals surface area contributed by atoms with Gasteiger partial charge in [-0.15, -0.1) is 0 Å². The lowest BCUT2D eigenvalue weighted by Gasteiger charge is -2.39. The summed E-state index contributed by atoms with van der Waals surface area (Å²) in [4.78, 5) is 26.5. The third kappa shape index (κ3) is 4.90. The van der Waals surface area contributed by atoms with E-state index in [0.29, 0.717) is 37.6 Å².